The highest BCUT2D eigenvalue weighted by Crippen LogP contribution is 2.31. The van der Waals surface area contributed by atoms with Crippen LogP contribution in [0, 0.1) is 0 Å². The molecule has 0 radical (unpaired) electrons. The molecule has 0 saturated heterocycles. The lowest BCUT2D eigenvalue weighted by atomic mass is 9.91. The molecule has 0 aromatic heterocycles. The van der Waals surface area contributed by atoms with Crippen LogP contribution in [-0.4, -0.2) is 44.0 Å². The Kier molecular flexibility index (Phi) is 7.92. The van der Waals surface area contributed by atoms with E-state index in [9.17, 15) is 9.59 Å². The Morgan fingerprint density at radius 3 is 2.77 bits per heavy atom. The zero-order chi connectivity index (χ0) is 18.8. The van der Waals surface area contributed by atoms with Crippen LogP contribution in [0.3, 0.4) is 0 Å². The van der Waals surface area contributed by atoms with E-state index in [2.05, 4.69) is 26.3 Å². The van der Waals surface area contributed by atoms with Crippen LogP contribution in [-0.2, 0) is 9.59 Å². The van der Waals surface area contributed by atoms with Crippen molar-refractivity contribution in [3.63, 3.8) is 0 Å². The van der Waals surface area contributed by atoms with E-state index in [1.807, 2.05) is 38.1 Å². The zero-order valence-corrected chi connectivity index (χ0v) is 15.6. The summed E-state index contributed by atoms with van der Waals surface area (Å²) in [5, 5.41) is 12.1. The normalized spacial score (nSPS) is 16.5. The van der Waals surface area contributed by atoms with Gasteiger partial charge in [0.15, 0.2) is 5.96 Å². The third-order valence-electron chi connectivity index (χ3n) is 4.14. The molecule has 1 unspecified atom stereocenters. The highest BCUT2D eigenvalue weighted by molar-refractivity contribution is 5.94. The van der Waals surface area contributed by atoms with E-state index in [1.54, 1.807) is 0 Å². The number of fused-ring (bicyclic) bond motifs is 1. The molecular weight excluding hydrogens is 330 g/mol. The van der Waals surface area contributed by atoms with Crippen molar-refractivity contribution in [1.82, 2.24) is 16.0 Å². The molecule has 1 aromatic carbocycles. The first-order valence-electron chi connectivity index (χ1n) is 9.31. The van der Waals surface area contributed by atoms with Crippen molar-refractivity contribution >= 4 is 23.5 Å². The standard InChI is InChI=1S/C19H29N5O2/c1-3-10-21-17(25)9-11-22-19(20-4-2)23-13-14-12-18(26)24-16-8-6-5-7-15(14)16/h5-8,14H,3-4,9-13H2,1-2H3,(H,21,25)(H,24,26)(H2,20,22,23). The molecular formula is C19H29N5O2. The number of anilines is 1. The number of amides is 2. The maximum absolute atomic E-state index is 11.9. The lowest BCUT2D eigenvalue weighted by molar-refractivity contribution is -0.121. The fourth-order valence-electron chi connectivity index (χ4n) is 2.86. The van der Waals surface area contributed by atoms with Gasteiger partial charge in [-0.15, -0.1) is 0 Å². The van der Waals surface area contributed by atoms with Crippen LogP contribution in [0.5, 0.6) is 0 Å². The number of hydrogen-bond donors (Lipinski definition) is 4. The minimum atomic E-state index is 0.0226. The quantitative estimate of drug-likeness (QED) is 0.419. The Morgan fingerprint density at radius 1 is 1.19 bits per heavy atom. The molecule has 26 heavy (non-hydrogen) atoms. The second kappa shape index (κ2) is 10.4. The van der Waals surface area contributed by atoms with Crippen molar-refractivity contribution in [3.8, 4) is 0 Å². The van der Waals surface area contributed by atoms with E-state index in [0.29, 0.717) is 38.4 Å². The smallest absolute Gasteiger partial charge is 0.225 e. The lowest BCUT2D eigenvalue weighted by Crippen LogP contribution is -2.39. The summed E-state index contributed by atoms with van der Waals surface area (Å²) in [7, 11) is 0. The molecule has 2 amide bonds. The van der Waals surface area contributed by atoms with Gasteiger partial charge in [-0.25, -0.2) is 0 Å². The molecule has 0 bridgehead atoms. The zero-order valence-electron chi connectivity index (χ0n) is 15.6. The van der Waals surface area contributed by atoms with Crippen LogP contribution in [0.1, 0.15) is 44.6 Å². The first kappa shape index (κ1) is 19.8. The van der Waals surface area contributed by atoms with Crippen LogP contribution in [0.25, 0.3) is 0 Å². The van der Waals surface area contributed by atoms with Gasteiger partial charge in [0.05, 0.1) is 6.54 Å². The number of guanidine groups is 1. The number of rotatable bonds is 8. The van der Waals surface area contributed by atoms with Crippen LogP contribution in [0.15, 0.2) is 29.3 Å². The SMILES string of the molecule is CCCNC(=O)CCNC(=NCC1CC(=O)Nc2ccccc21)NCC. The molecule has 1 aliphatic heterocycles. The lowest BCUT2D eigenvalue weighted by Gasteiger charge is -2.24. The number of carbonyl (C=O) groups is 2. The average Bonchev–Trinajstić information content (AvgIpc) is 2.64. The summed E-state index contributed by atoms with van der Waals surface area (Å²) in [5.74, 6) is 0.782. The monoisotopic (exact) mass is 359 g/mol. The first-order valence-corrected chi connectivity index (χ1v) is 9.31. The predicted molar refractivity (Wildman–Crippen MR) is 104 cm³/mol. The summed E-state index contributed by atoms with van der Waals surface area (Å²) >= 11 is 0. The van der Waals surface area contributed by atoms with Crippen molar-refractivity contribution in [3.05, 3.63) is 29.8 Å². The highest BCUT2D eigenvalue weighted by atomic mass is 16.2. The summed E-state index contributed by atoms with van der Waals surface area (Å²) in [6, 6.07) is 7.85. The number of nitrogens with zero attached hydrogens (tertiary/aromatic N) is 1. The van der Waals surface area contributed by atoms with Gasteiger partial charge in [0.1, 0.15) is 0 Å². The van der Waals surface area contributed by atoms with E-state index in [0.717, 1.165) is 24.2 Å². The second-order valence-electron chi connectivity index (χ2n) is 6.28. The maximum Gasteiger partial charge on any atom is 0.225 e. The van der Waals surface area contributed by atoms with Crippen LogP contribution >= 0.6 is 0 Å². The Labute approximate surface area is 155 Å². The third kappa shape index (κ3) is 6.06. The molecule has 0 spiro atoms. The van der Waals surface area contributed by atoms with Crippen molar-refractivity contribution in [1.29, 1.82) is 0 Å². The summed E-state index contributed by atoms with van der Waals surface area (Å²) in [4.78, 5) is 28.2. The van der Waals surface area contributed by atoms with Gasteiger partial charge in [0.25, 0.3) is 0 Å². The van der Waals surface area contributed by atoms with Gasteiger partial charge in [-0.3, -0.25) is 14.6 Å². The second-order valence-corrected chi connectivity index (χ2v) is 6.28. The van der Waals surface area contributed by atoms with Gasteiger partial charge >= 0.3 is 0 Å². The maximum atomic E-state index is 11.9. The number of para-hydroxylation sites is 1. The Hall–Kier alpha value is -2.57. The van der Waals surface area contributed by atoms with Gasteiger partial charge in [-0.1, -0.05) is 25.1 Å². The predicted octanol–water partition coefficient (Wildman–Crippen LogP) is 1.58. The minimum absolute atomic E-state index is 0.0226. The van der Waals surface area contributed by atoms with E-state index < -0.39 is 0 Å². The number of carbonyl (C=O) groups excluding carboxylic acids is 2. The van der Waals surface area contributed by atoms with Crippen LogP contribution < -0.4 is 21.3 Å². The van der Waals surface area contributed by atoms with E-state index in [-0.39, 0.29) is 17.7 Å². The molecule has 1 atom stereocenters. The van der Waals surface area contributed by atoms with Crippen molar-refractivity contribution in [2.75, 3.05) is 31.5 Å². The molecule has 1 heterocycles. The molecule has 7 heteroatoms. The molecule has 0 aliphatic carbocycles. The van der Waals surface area contributed by atoms with Gasteiger partial charge in [-0.05, 0) is 25.0 Å². The summed E-state index contributed by atoms with van der Waals surface area (Å²) in [6.45, 7) is 6.49. The third-order valence-corrected chi connectivity index (χ3v) is 4.14. The summed E-state index contributed by atoms with van der Waals surface area (Å²) in [6.07, 6.45) is 1.76. The number of aliphatic imine (C=N–C) groups is 1. The van der Waals surface area contributed by atoms with Crippen molar-refractivity contribution < 1.29 is 9.59 Å². The number of benzene rings is 1. The highest BCUT2D eigenvalue weighted by Gasteiger charge is 2.24. The first-order chi connectivity index (χ1) is 12.6. The molecule has 7 nitrogen and oxygen atoms in total. The van der Waals surface area contributed by atoms with Gasteiger partial charge in [0.2, 0.25) is 11.8 Å². The van der Waals surface area contributed by atoms with Gasteiger partial charge in [0, 0.05) is 44.1 Å². The van der Waals surface area contributed by atoms with Crippen molar-refractivity contribution in [2.45, 2.75) is 39.0 Å². The van der Waals surface area contributed by atoms with E-state index >= 15 is 0 Å². The molecule has 1 aliphatic rings. The fourth-order valence-corrected chi connectivity index (χ4v) is 2.86. The largest absolute Gasteiger partial charge is 0.357 e. The minimum Gasteiger partial charge on any atom is -0.357 e. The Balaban J connectivity index is 1.92. The van der Waals surface area contributed by atoms with Gasteiger partial charge in [-0.2, -0.15) is 0 Å². The number of hydrogen-bond acceptors (Lipinski definition) is 3. The topological polar surface area (TPSA) is 94.6 Å². The molecule has 4 N–H and O–H groups in total. The molecule has 2 rings (SSSR count). The molecule has 142 valence electrons. The molecule has 0 saturated carbocycles. The van der Waals surface area contributed by atoms with Crippen LogP contribution in [0.4, 0.5) is 5.69 Å². The van der Waals surface area contributed by atoms with Gasteiger partial charge < -0.3 is 21.3 Å². The summed E-state index contributed by atoms with van der Waals surface area (Å²) < 4.78 is 0. The van der Waals surface area contributed by atoms with E-state index in [1.165, 1.54) is 0 Å². The fraction of sp³-hybridized carbons (Fsp3) is 0.526. The van der Waals surface area contributed by atoms with Crippen LogP contribution in [0.2, 0.25) is 0 Å². The Bertz CT molecular complexity index is 645. The summed E-state index contributed by atoms with van der Waals surface area (Å²) in [5.41, 5.74) is 1.99. The molecule has 1 aromatic rings. The van der Waals surface area contributed by atoms with Crippen molar-refractivity contribution in [2.24, 2.45) is 4.99 Å². The number of nitrogens with one attached hydrogen (secondary N) is 4. The Morgan fingerprint density at radius 2 is 2.00 bits per heavy atom. The van der Waals surface area contributed by atoms with E-state index in [4.69, 9.17) is 0 Å². The average molecular weight is 359 g/mol. The molecule has 0 fully saturated rings.